The summed E-state index contributed by atoms with van der Waals surface area (Å²) in [6.07, 6.45) is 5.42. The molecule has 1 fully saturated rings. The Labute approximate surface area is 114 Å². The quantitative estimate of drug-likeness (QED) is 0.820. The lowest BCUT2D eigenvalue weighted by molar-refractivity contribution is 0.268. The van der Waals surface area contributed by atoms with Gasteiger partial charge in [-0.1, -0.05) is 44.5 Å². The van der Waals surface area contributed by atoms with Crippen molar-refractivity contribution >= 4 is 23.0 Å². The Hall–Kier alpha value is -1.16. The third-order valence-corrected chi connectivity index (χ3v) is 4.05. The van der Waals surface area contributed by atoms with E-state index < -0.39 is 0 Å². The minimum Gasteiger partial charge on any atom is -0.388 e. The maximum Gasteiger partial charge on any atom is 0.126 e. The standard InChI is InChI=1S/C14H21N3S/c1-10-5-2-3-6-11(10)9-16-13-8-4-7-12(17-13)14(15)18/h4,7-8,10-11H,2-3,5-6,9H2,1H3,(H2,15,18)(H,16,17). The molecular weight excluding hydrogens is 242 g/mol. The zero-order valence-corrected chi connectivity index (χ0v) is 11.7. The molecular formula is C14H21N3S. The summed E-state index contributed by atoms with van der Waals surface area (Å²) >= 11 is 4.94. The van der Waals surface area contributed by atoms with Gasteiger partial charge in [-0.25, -0.2) is 4.98 Å². The monoisotopic (exact) mass is 263 g/mol. The average Bonchev–Trinajstić information content (AvgIpc) is 2.38. The summed E-state index contributed by atoms with van der Waals surface area (Å²) in [6, 6.07) is 5.75. The van der Waals surface area contributed by atoms with E-state index in [-0.39, 0.29) is 0 Å². The number of nitrogens with zero attached hydrogens (tertiary/aromatic N) is 1. The lowest BCUT2D eigenvalue weighted by Gasteiger charge is -2.29. The fourth-order valence-corrected chi connectivity index (χ4v) is 2.72. The van der Waals surface area contributed by atoms with E-state index in [0.717, 1.165) is 24.2 Å². The van der Waals surface area contributed by atoms with Crippen LogP contribution in [-0.2, 0) is 0 Å². The van der Waals surface area contributed by atoms with Crippen molar-refractivity contribution in [3.05, 3.63) is 23.9 Å². The fraction of sp³-hybridized carbons (Fsp3) is 0.571. The van der Waals surface area contributed by atoms with Crippen LogP contribution in [0.15, 0.2) is 18.2 Å². The zero-order valence-electron chi connectivity index (χ0n) is 10.9. The van der Waals surface area contributed by atoms with Crippen molar-refractivity contribution in [3.63, 3.8) is 0 Å². The van der Waals surface area contributed by atoms with Crippen molar-refractivity contribution in [1.29, 1.82) is 0 Å². The van der Waals surface area contributed by atoms with E-state index in [1.54, 1.807) is 0 Å². The Kier molecular flexibility index (Phi) is 4.53. The SMILES string of the molecule is CC1CCCCC1CNc1cccc(C(N)=S)n1. The second-order valence-electron chi connectivity index (χ2n) is 5.18. The number of nitrogens with two attached hydrogens (primary N) is 1. The van der Waals surface area contributed by atoms with E-state index in [0.29, 0.717) is 10.7 Å². The van der Waals surface area contributed by atoms with Crippen LogP contribution in [0.3, 0.4) is 0 Å². The molecule has 0 saturated heterocycles. The molecule has 3 N–H and O–H groups in total. The first-order valence-corrected chi connectivity index (χ1v) is 7.08. The molecule has 2 rings (SSSR count). The highest BCUT2D eigenvalue weighted by atomic mass is 32.1. The van der Waals surface area contributed by atoms with Gasteiger partial charge in [-0.3, -0.25) is 0 Å². The fourth-order valence-electron chi connectivity index (χ4n) is 2.60. The summed E-state index contributed by atoms with van der Waals surface area (Å²) in [6.45, 7) is 3.35. The van der Waals surface area contributed by atoms with Gasteiger partial charge in [0.15, 0.2) is 0 Å². The molecule has 0 bridgehead atoms. The Morgan fingerprint density at radius 2 is 2.22 bits per heavy atom. The molecule has 1 aliphatic carbocycles. The second-order valence-corrected chi connectivity index (χ2v) is 5.61. The molecule has 1 saturated carbocycles. The third-order valence-electron chi connectivity index (χ3n) is 3.84. The smallest absolute Gasteiger partial charge is 0.126 e. The summed E-state index contributed by atoms with van der Waals surface area (Å²) < 4.78 is 0. The summed E-state index contributed by atoms with van der Waals surface area (Å²) in [4.78, 5) is 4.76. The Morgan fingerprint density at radius 1 is 1.44 bits per heavy atom. The van der Waals surface area contributed by atoms with E-state index in [4.69, 9.17) is 18.0 Å². The number of hydrogen-bond donors (Lipinski definition) is 2. The predicted molar refractivity (Wildman–Crippen MR) is 79.7 cm³/mol. The Bertz CT molecular complexity index is 419. The van der Waals surface area contributed by atoms with Crippen LogP contribution in [-0.4, -0.2) is 16.5 Å². The van der Waals surface area contributed by atoms with Crippen LogP contribution in [0.25, 0.3) is 0 Å². The van der Waals surface area contributed by atoms with E-state index in [2.05, 4.69) is 17.2 Å². The molecule has 0 aromatic carbocycles. The first-order chi connectivity index (χ1) is 8.66. The van der Waals surface area contributed by atoms with Crippen LogP contribution in [0.4, 0.5) is 5.82 Å². The number of hydrogen-bond acceptors (Lipinski definition) is 3. The van der Waals surface area contributed by atoms with Crippen molar-refractivity contribution in [2.24, 2.45) is 17.6 Å². The van der Waals surface area contributed by atoms with E-state index in [1.807, 2.05) is 18.2 Å². The first-order valence-electron chi connectivity index (χ1n) is 6.67. The molecule has 1 aromatic heterocycles. The van der Waals surface area contributed by atoms with Gasteiger partial charge in [0.1, 0.15) is 10.8 Å². The van der Waals surface area contributed by atoms with E-state index in [1.165, 1.54) is 25.7 Å². The van der Waals surface area contributed by atoms with Crippen molar-refractivity contribution in [1.82, 2.24) is 4.98 Å². The highest BCUT2D eigenvalue weighted by Gasteiger charge is 2.20. The maximum absolute atomic E-state index is 5.58. The molecule has 4 heteroatoms. The van der Waals surface area contributed by atoms with Gasteiger partial charge in [0, 0.05) is 6.54 Å². The summed E-state index contributed by atoms with van der Waals surface area (Å²) in [7, 11) is 0. The summed E-state index contributed by atoms with van der Waals surface area (Å²) in [5, 5.41) is 3.41. The molecule has 1 aromatic rings. The molecule has 0 spiro atoms. The van der Waals surface area contributed by atoms with Gasteiger partial charge in [0.2, 0.25) is 0 Å². The normalized spacial score (nSPS) is 23.6. The van der Waals surface area contributed by atoms with Crippen LogP contribution < -0.4 is 11.1 Å². The molecule has 98 valence electrons. The topological polar surface area (TPSA) is 50.9 Å². The predicted octanol–water partition coefficient (Wildman–Crippen LogP) is 2.95. The molecule has 2 atom stereocenters. The van der Waals surface area contributed by atoms with Gasteiger partial charge >= 0.3 is 0 Å². The number of thiocarbonyl (C=S) groups is 1. The van der Waals surface area contributed by atoms with Crippen LogP contribution >= 0.6 is 12.2 Å². The molecule has 0 aliphatic heterocycles. The van der Waals surface area contributed by atoms with Crippen LogP contribution in [0.1, 0.15) is 38.3 Å². The van der Waals surface area contributed by atoms with Crippen LogP contribution in [0, 0.1) is 11.8 Å². The van der Waals surface area contributed by atoms with Gasteiger partial charge in [-0.2, -0.15) is 0 Å². The second kappa shape index (κ2) is 6.14. The average molecular weight is 263 g/mol. The minimum atomic E-state index is 0.352. The van der Waals surface area contributed by atoms with Crippen molar-refractivity contribution in [3.8, 4) is 0 Å². The first kappa shape index (κ1) is 13.3. The molecule has 2 unspecified atom stereocenters. The molecule has 0 amide bonds. The van der Waals surface area contributed by atoms with Gasteiger partial charge in [-0.05, 0) is 30.4 Å². The number of pyridine rings is 1. The van der Waals surface area contributed by atoms with Gasteiger partial charge in [0.25, 0.3) is 0 Å². The maximum atomic E-state index is 5.58. The molecule has 3 nitrogen and oxygen atoms in total. The Balaban J connectivity index is 1.93. The van der Waals surface area contributed by atoms with Crippen molar-refractivity contribution < 1.29 is 0 Å². The van der Waals surface area contributed by atoms with Gasteiger partial charge in [0.05, 0.1) is 5.69 Å². The number of nitrogens with one attached hydrogen (secondary N) is 1. The zero-order chi connectivity index (χ0) is 13.0. The van der Waals surface area contributed by atoms with Crippen LogP contribution in [0.5, 0.6) is 0 Å². The highest BCUT2D eigenvalue weighted by molar-refractivity contribution is 7.80. The lowest BCUT2D eigenvalue weighted by Crippen LogP contribution is -2.25. The molecule has 0 radical (unpaired) electrons. The van der Waals surface area contributed by atoms with E-state index >= 15 is 0 Å². The number of rotatable bonds is 4. The van der Waals surface area contributed by atoms with Crippen molar-refractivity contribution in [2.75, 3.05) is 11.9 Å². The third kappa shape index (κ3) is 3.42. The number of anilines is 1. The lowest BCUT2D eigenvalue weighted by atomic mass is 9.80. The largest absolute Gasteiger partial charge is 0.388 e. The molecule has 18 heavy (non-hydrogen) atoms. The summed E-state index contributed by atoms with van der Waals surface area (Å²) in [5.41, 5.74) is 6.27. The minimum absolute atomic E-state index is 0.352. The van der Waals surface area contributed by atoms with Crippen molar-refractivity contribution in [2.45, 2.75) is 32.6 Å². The van der Waals surface area contributed by atoms with Crippen LogP contribution in [0.2, 0.25) is 0 Å². The Morgan fingerprint density at radius 3 is 2.94 bits per heavy atom. The van der Waals surface area contributed by atoms with Gasteiger partial charge < -0.3 is 11.1 Å². The molecule has 1 aliphatic rings. The molecule has 1 heterocycles. The highest BCUT2D eigenvalue weighted by Crippen LogP contribution is 2.29. The summed E-state index contributed by atoms with van der Waals surface area (Å²) in [5.74, 6) is 2.44. The number of aromatic nitrogens is 1. The van der Waals surface area contributed by atoms with E-state index in [9.17, 15) is 0 Å². The van der Waals surface area contributed by atoms with Gasteiger partial charge in [-0.15, -0.1) is 0 Å².